The van der Waals surface area contributed by atoms with Gasteiger partial charge in [-0.05, 0) is 31.8 Å². The van der Waals surface area contributed by atoms with Crippen LogP contribution in [-0.2, 0) is 4.79 Å². The van der Waals surface area contributed by atoms with Gasteiger partial charge in [-0.3, -0.25) is 4.79 Å². The summed E-state index contributed by atoms with van der Waals surface area (Å²) in [5.41, 5.74) is 0. The van der Waals surface area contributed by atoms with Crippen LogP contribution in [-0.4, -0.2) is 14.9 Å². The molecule has 0 aromatic rings. The number of rotatable bonds is 3. The molecular formula is C10H14OS3. The summed E-state index contributed by atoms with van der Waals surface area (Å²) in [6.45, 7) is 10.00. The number of carbonyl (C=O) groups is 1. The highest BCUT2D eigenvalue weighted by Crippen LogP contribution is 2.54. The van der Waals surface area contributed by atoms with Crippen LogP contribution in [0.1, 0.15) is 20.8 Å². The largest absolute Gasteiger partial charge is 0.282 e. The van der Waals surface area contributed by atoms with Crippen molar-refractivity contribution in [3.05, 3.63) is 22.5 Å². The fourth-order valence-electron chi connectivity index (χ4n) is 1.14. The van der Waals surface area contributed by atoms with E-state index in [9.17, 15) is 4.79 Å². The summed E-state index contributed by atoms with van der Waals surface area (Å²) in [6, 6.07) is 0. The number of hydrogen-bond acceptors (Lipinski definition) is 4. The van der Waals surface area contributed by atoms with Crippen molar-refractivity contribution in [3.63, 3.8) is 0 Å². The lowest BCUT2D eigenvalue weighted by molar-refractivity contribution is -0.107. The number of thioether (sulfide) groups is 3. The molecular weight excluding hydrogens is 232 g/mol. The molecule has 0 unspecified atom stereocenters. The summed E-state index contributed by atoms with van der Waals surface area (Å²) in [6.07, 6.45) is 1.37. The second-order valence-corrected chi connectivity index (χ2v) is 8.19. The first-order chi connectivity index (χ1) is 6.44. The Hall–Kier alpha value is 0.200. The molecule has 14 heavy (non-hydrogen) atoms. The van der Waals surface area contributed by atoms with Crippen molar-refractivity contribution in [2.75, 3.05) is 5.75 Å². The maximum Gasteiger partial charge on any atom is 0.211 e. The van der Waals surface area contributed by atoms with Crippen LogP contribution in [0, 0.1) is 0 Å². The van der Waals surface area contributed by atoms with E-state index in [1.165, 1.54) is 27.6 Å². The van der Waals surface area contributed by atoms with Crippen molar-refractivity contribution in [3.8, 4) is 0 Å². The molecule has 0 amide bonds. The van der Waals surface area contributed by atoms with Crippen LogP contribution in [0.3, 0.4) is 0 Å². The summed E-state index contributed by atoms with van der Waals surface area (Å²) >= 11 is 5.07. The highest BCUT2D eigenvalue weighted by molar-refractivity contribution is 8.25. The maximum absolute atomic E-state index is 11.0. The highest BCUT2D eigenvalue weighted by atomic mass is 32.2. The summed E-state index contributed by atoms with van der Waals surface area (Å²) in [7, 11) is 0. The van der Waals surface area contributed by atoms with Crippen LogP contribution in [0.5, 0.6) is 0 Å². The van der Waals surface area contributed by atoms with Gasteiger partial charge in [0.15, 0.2) is 0 Å². The zero-order chi connectivity index (χ0) is 10.8. The third-order valence-corrected chi connectivity index (χ3v) is 5.60. The van der Waals surface area contributed by atoms with Crippen molar-refractivity contribution in [1.82, 2.24) is 0 Å². The van der Waals surface area contributed by atoms with Crippen LogP contribution in [0.25, 0.3) is 0 Å². The SMILES string of the molecule is C=CC(=O)SCC1=C(C)SC(C)(C)S1. The molecule has 0 radical (unpaired) electrons. The van der Waals surface area contributed by atoms with Gasteiger partial charge in [-0.25, -0.2) is 0 Å². The van der Waals surface area contributed by atoms with Gasteiger partial charge in [0.2, 0.25) is 5.12 Å². The summed E-state index contributed by atoms with van der Waals surface area (Å²) in [5.74, 6) is 0.789. The molecule has 0 aliphatic carbocycles. The van der Waals surface area contributed by atoms with Crippen molar-refractivity contribution in [2.45, 2.75) is 24.9 Å². The molecule has 0 saturated heterocycles. The second-order valence-electron chi connectivity index (χ2n) is 3.40. The molecule has 0 fully saturated rings. The summed E-state index contributed by atoms with van der Waals surface area (Å²) in [4.78, 5) is 13.7. The Morgan fingerprint density at radius 1 is 1.57 bits per heavy atom. The minimum atomic E-state index is 0.0561. The van der Waals surface area contributed by atoms with Gasteiger partial charge in [-0.15, -0.1) is 23.5 Å². The molecule has 78 valence electrons. The maximum atomic E-state index is 11.0. The van der Waals surface area contributed by atoms with Gasteiger partial charge >= 0.3 is 0 Å². The van der Waals surface area contributed by atoms with E-state index in [2.05, 4.69) is 27.4 Å². The average Bonchev–Trinajstić information content (AvgIpc) is 2.35. The van der Waals surface area contributed by atoms with Crippen LogP contribution in [0.4, 0.5) is 0 Å². The van der Waals surface area contributed by atoms with Crippen LogP contribution in [0.2, 0.25) is 0 Å². The molecule has 1 rings (SSSR count). The fourth-order valence-corrected chi connectivity index (χ4v) is 5.01. The standard InChI is InChI=1S/C10H14OS3/c1-5-9(11)12-6-8-7(2)13-10(3,4)14-8/h5H,1,6H2,2-4H3. The van der Waals surface area contributed by atoms with E-state index in [0.717, 1.165) is 5.75 Å². The summed E-state index contributed by atoms with van der Waals surface area (Å²) in [5, 5.41) is 0.0561. The third kappa shape index (κ3) is 3.41. The van der Waals surface area contributed by atoms with E-state index in [-0.39, 0.29) is 9.19 Å². The zero-order valence-electron chi connectivity index (χ0n) is 8.62. The van der Waals surface area contributed by atoms with Crippen LogP contribution in [0.15, 0.2) is 22.5 Å². The van der Waals surface area contributed by atoms with E-state index >= 15 is 0 Å². The molecule has 0 bridgehead atoms. The predicted octanol–water partition coefficient (Wildman–Crippen LogP) is 3.88. The molecule has 1 heterocycles. The van der Waals surface area contributed by atoms with Crippen LogP contribution >= 0.6 is 35.3 Å². The van der Waals surface area contributed by atoms with Crippen molar-refractivity contribution in [2.24, 2.45) is 0 Å². The number of allylic oxidation sites excluding steroid dienone is 1. The average molecular weight is 246 g/mol. The summed E-state index contributed by atoms with van der Waals surface area (Å²) < 4.78 is 0.233. The van der Waals surface area contributed by atoms with Gasteiger partial charge in [0.1, 0.15) is 0 Å². The van der Waals surface area contributed by atoms with Gasteiger partial charge < -0.3 is 0 Å². The highest BCUT2D eigenvalue weighted by Gasteiger charge is 2.30. The van der Waals surface area contributed by atoms with Crippen molar-refractivity contribution in [1.29, 1.82) is 0 Å². The first-order valence-corrected chi connectivity index (χ1v) is 6.93. The molecule has 1 aliphatic heterocycles. The van der Waals surface area contributed by atoms with E-state index in [0.29, 0.717) is 0 Å². The van der Waals surface area contributed by atoms with Gasteiger partial charge in [0.25, 0.3) is 0 Å². The molecule has 1 nitrogen and oxygen atoms in total. The van der Waals surface area contributed by atoms with E-state index in [1.54, 1.807) is 0 Å². The Labute approximate surface area is 98.2 Å². The minimum Gasteiger partial charge on any atom is -0.282 e. The fraction of sp³-hybridized carbons (Fsp3) is 0.500. The normalized spacial score (nSPS) is 19.9. The molecule has 0 spiro atoms. The zero-order valence-corrected chi connectivity index (χ0v) is 11.1. The number of hydrogen-bond donors (Lipinski definition) is 0. The quantitative estimate of drug-likeness (QED) is 0.703. The molecule has 0 atom stereocenters. The first kappa shape index (κ1) is 12.3. The van der Waals surface area contributed by atoms with Gasteiger partial charge in [-0.1, -0.05) is 18.3 Å². The molecule has 4 heteroatoms. The van der Waals surface area contributed by atoms with E-state index < -0.39 is 0 Å². The smallest absolute Gasteiger partial charge is 0.211 e. The van der Waals surface area contributed by atoms with Crippen LogP contribution < -0.4 is 0 Å². The van der Waals surface area contributed by atoms with Gasteiger partial charge in [0, 0.05) is 10.7 Å². The predicted molar refractivity (Wildman–Crippen MR) is 69.6 cm³/mol. The lowest BCUT2D eigenvalue weighted by Crippen LogP contribution is -2.03. The molecule has 1 aliphatic rings. The molecule has 0 saturated carbocycles. The Morgan fingerprint density at radius 2 is 2.21 bits per heavy atom. The molecule has 0 N–H and O–H groups in total. The van der Waals surface area contributed by atoms with Gasteiger partial charge in [0.05, 0.1) is 4.08 Å². The molecule has 0 aromatic heterocycles. The van der Waals surface area contributed by atoms with Crippen molar-refractivity contribution >= 4 is 40.4 Å². The van der Waals surface area contributed by atoms with E-state index in [1.807, 2.05) is 23.5 Å². The lowest BCUT2D eigenvalue weighted by atomic mass is 10.5. The minimum absolute atomic E-state index is 0.0561. The second kappa shape index (κ2) is 4.81. The first-order valence-electron chi connectivity index (χ1n) is 4.31. The topological polar surface area (TPSA) is 17.1 Å². The number of carbonyl (C=O) groups excluding carboxylic acids is 1. The Balaban J connectivity index is 2.50. The monoisotopic (exact) mass is 246 g/mol. The Kier molecular flexibility index (Phi) is 4.22. The molecule has 0 aromatic carbocycles. The Bertz CT molecular complexity index is 292. The van der Waals surface area contributed by atoms with Gasteiger partial charge in [-0.2, -0.15) is 0 Å². The lowest BCUT2D eigenvalue weighted by Gasteiger charge is -2.14. The third-order valence-electron chi connectivity index (χ3n) is 1.67. The Morgan fingerprint density at radius 3 is 2.64 bits per heavy atom. The van der Waals surface area contributed by atoms with Crippen molar-refractivity contribution < 1.29 is 4.79 Å². The van der Waals surface area contributed by atoms with E-state index in [4.69, 9.17) is 0 Å².